The number of benzene rings is 2. The number of ether oxygens (including phenoxy) is 2. The molecule has 0 spiro atoms. The van der Waals surface area contributed by atoms with E-state index in [9.17, 15) is 0 Å². The molecule has 0 aromatic heterocycles. The van der Waals surface area contributed by atoms with Crippen LogP contribution in [0.3, 0.4) is 0 Å². The van der Waals surface area contributed by atoms with Gasteiger partial charge in [0.25, 0.3) is 0 Å². The lowest BCUT2D eigenvalue weighted by Crippen LogP contribution is -2.33. The highest BCUT2D eigenvalue weighted by Gasteiger charge is 2.26. The number of hydrogen-bond donors (Lipinski definition) is 1. The summed E-state index contributed by atoms with van der Waals surface area (Å²) in [6.07, 6.45) is 1.14. The van der Waals surface area contributed by atoms with E-state index in [2.05, 4.69) is 50.4 Å². The Kier molecular flexibility index (Phi) is 6.94. The third-order valence-corrected chi connectivity index (χ3v) is 5.23. The normalized spacial score (nSPS) is 16.7. The quantitative estimate of drug-likeness (QED) is 0.760. The van der Waals surface area contributed by atoms with Gasteiger partial charge in [0.2, 0.25) is 0 Å². The van der Waals surface area contributed by atoms with Crippen molar-refractivity contribution < 1.29 is 9.47 Å². The van der Waals surface area contributed by atoms with E-state index < -0.39 is 0 Å². The molecule has 1 saturated heterocycles. The minimum absolute atomic E-state index is 0.153. The molecule has 1 atom stereocenters. The molecule has 0 radical (unpaired) electrons. The standard InChI is InChI=1S/C21H27BrN2O2/c1-3-26-20-10-7-17(22)15-19(20)21(24-13-4-11-23-12-14-24)16-5-8-18(25-2)9-6-16/h5-10,15,21,23H,3-4,11-14H2,1-2H3. The van der Waals surface area contributed by atoms with Gasteiger partial charge in [-0.3, -0.25) is 4.90 Å². The van der Waals surface area contributed by atoms with Crippen LogP contribution in [0, 0.1) is 0 Å². The van der Waals surface area contributed by atoms with E-state index in [0.29, 0.717) is 6.61 Å². The highest BCUT2D eigenvalue weighted by molar-refractivity contribution is 9.10. The van der Waals surface area contributed by atoms with E-state index in [1.54, 1.807) is 7.11 Å². The first-order chi connectivity index (χ1) is 12.7. The van der Waals surface area contributed by atoms with Crippen LogP contribution < -0.4 is 14.8 Å². The molecule has 3 rings (SSSR count). The van der Waals surface area contributed by atoms with E-state index >= 15 is 0 Å². The van der Waals surface area contributed by atoms with Gasteiger partial charge in [-0.15, -0.1) is 0 Å². The van der Waals surface area contributed by atoms with E-state index in [1.165, 1.54) is 11.1 Å². The first kappa shape index (κ1) is 19.2. The van der Waals surface area contributed by atoms with Crippen molar-refractivity contribution in [1.82, 2.24) is 10.2 Å². The highest BCUT2D eigenvalue weighted by atomic mass is 79.9. The van der Waals surface area contributed by atoms with Crippen molar-refractivity contribution in [3.05, 3.63) is 58.1 Å². The van der Waals surface area contributed by atoms with Gasteiger partial charge in [0, 0.05) is 29.7 Å². The van der Waals surface area contributed by atoms with Crippen LogP contribution in [0.1, 0.15) is 30.5 Å². The van der Waals surface area contributed by atoms with Crippen molar-refractivity contribution >= 4 is 15.9 Å². The lowest BCUT2D eigenvalue weighted by molar-refractivity contribution is 0.233. The number of hydrogen-bond acceptors (Lipinski definition) is 4. The molecule has 2 aromatic rings. The van der Waals surface area contributed by atoms with Gasteiger partial charge >= 0.3 is 0 Å². The Bertz CT molecular complexity index is 698. The first-order valence-corrected chi connectivity index (χ1v) is 10.0. The molecule has 1 unspecified atom stereocenters. The second kappa shape index (κ2) is 9.40. The Hall–Kier alpha value is -1.56. The minimum Gasteiger partial charge on any atom is -0.497 e. The van der Waals surface area contributed by atoms with Gasteiger partial charge < -0.3 is 14.8 Å². The zero-order valence-electron chi connectivity index (χ0n) is 15.5. The molecule has 26 heavy (non-hydrogen) atoms. The summed E-state index contributed by atoms with van der Waals surface area (Å²) in [6, 6.07) is 14.9. The van der Waals surface area contributed by atoms with Gasteiger partial charge in [-0.25, -0.2) is 0 Å². The maximum atomic E-state index is 5.97. The molecule has 2 aromatic carbocycles. The smallest absolute Gasteiger partial charge is 0.124 e. The number of halogens is 1. The third kappa shape index (κ3) is 4.58. The van der Waals surface area contributed by atoms with Gasteiger partial charge in [-0.2, -0.15) is 0 Å². The van der Waals surface area contributed by atoms with Crippen molar-refractivity contribution in [3.8, 4) is 11.5 Å². The molecule has 4 nitrogen and oxygen atoms in total. The van der Waals surface area contributed by atoms with Gasteiger partial charge in [0.15, 0.2) is 0 Å². The first-order valence-electron chi connectivity index (χ1n) is 9.24. The fraction of sp³-hybridized carbons (Fsp3) is 0.429. The molecule has 0 amide bonds. The molecule has 140 valence electrons. The van der Waals surface area contributed by atoms with Crippen molar-refractivity contribution in [3.63, 3.8) is 0 Å². The van der Waals surface area contributed by atoms with Crippen molar-refractivity contribution in [1.29, 1.82) is 0 Å². The molecule has 0 saturated carbocycles. The third-order valence-electron chi connectivity index (χ3n) is 4.74. The van der Waals surface area contributed by atoms with Crippen molar-refractivity contribution in [2.24, 2.45) is 0 Å². The summed E-state index contributed by atoms with van der Waals surface area (Å²) in [5, 5.41) is 3.50. The summed E-state index contributed by atoms with van der Waals surface area (Å²) in [6.45, 7) is 6.83. The minimum atomic E-state index is 0.153. The number of nitrogens with zero attached hydrogens (tertiary/aromatic N) is 1. The lowest BCUT2D eigenvalue weighted by atomic mass is 9.95. The average molecular weight is 419 g/mol. The van der Waals surface area contributed by atoms with Crippen LogP contribution in [0.4, 0.5) is 0 Å². The Morgan fingerprint density at radius 1 is 1.12 bits per heavy atom. The van der Waals surface area contributed by atoms with E-state index in [1.807, 2.05) is 25.1 Å². The molecule has 1 aliphatic heterocycles. The van der Waals surface area contributed by atoms with Crippen LogP contribution in [-0.2, 0) is 0 Å². The summed E-state index contributed by atoms with van der Waals surface area (Å²) in [5.74, 6) is 1.83. The fourth-order valence-electron chi connectivity index (χ4n) is 3.52. The maximum absolute atomic E-state index is 5.97. The Morgan fingerprint density at radius 3 is 2.65 bits per heavy atom. The van der Waals surface area contributed by atoms with Gasteiger partial charge in [0.05, 0.1) is 19.8 Å². The van der Waals surface area contributed by atoms with E-state index in [-0.39, 0.29) is 6.04 Å². The number of methoxy groups -OCH3 is 1. The summed E-state index contributed by atoms with van der Waals surface area (Å²) in [4.78, 5) is 2.55. The number of rotatable bonds is 6. The van der Waals surface area contributed by atoms with Crippen LogP contribution in [-0.4, -0.2) is 44.8 Å². The van der Waals surface area contributed by atoms with Crippen molar-refractivity contribution in [2.75, 3.05) is 39.9 Å². The lowest BCUT2D eigenvalue weighted by Gasteiger charge is -2.32. The van der Waals surface area contributed by atoms with Crippen LogP contribution in [0.2, 0.25) is 0 Å². The molecule has 1 aliphatic rings. The zero-order chi connectivity index (χ0) is 18.4. The maximum Gasteiger partial charge on any atom is 0.124 e. The molecular weight excluding hydrogens is 392 g/mol. The summed E-state index contributed by atoms with van der Waals surface area (Å²) in [7, 11) is 1.70. The fourth-order valence-corrected chi connectivity index (χ4v) is 3.90. The molecule has 0 aliphatic carbocycles. The van der Waals surface area contributed by atoms with E-state index in [4.69, 9.17) is 9.47 Å². The second-order valence-electron chi connectivity index (χ2n) is 6.43. The highest BCUT2D eigenvalue weighted by Crippen LogP contribution is 2.37. The Balaban J connectivity index is 2.05. The largest absolute Gasteiger partial charge is 0.497 e. The number of nitrogens with one attached hydrogen (secondary N) is 1. The summed E-state index contributed by atoms with van der Waals surface area (Å²) in [5.41, 5.74) is 2.46. The zero-order valence-corrected chi connectivity index (χ0v) is 17.1. The van der Waals surface area contributed by atoms with Crippen LogP contribution in [0.15, 0.2) is 46.9 Å². The molecule has 1 heterocycles. The molecule has 5 heteroatoms. The summed E-state index contributed by atoms with van der Waals surface area (Å²) >= 11 is 3.64. The Labute approximate surface area is 164 Å². The molecular formula is C21H27BrN2O2. The molecule has 1 N–H and O–H groups in total. The van der Waals surface area contributed by atoms with E-state index in [0.717, 1.165) is 48.6 Å². The SMILES string of the molecule is CCOc1ccc(Br)cc1C(c1ccc(OC)cc1)N1CCCNCC1. The van der Waals surface area contributed by atoms with Gasteiger partial charge in [-0.1, -0.05) is 28.1 Å². The van der Waals surface area contributed by atoms with Crippen LogP contribution in [0.5, 0.6) is 11.5 Å². The average Bonchev–Trinajstić information content (AvgIpc) is 2.94. The topological polar surface area (TPSA) is 33.7 Å². The molecule has 1 fully saturated rings. The van der Waals surface area contributed by atoms with Crippen molar-refractivity contribution in [2.45, 2.75) is 19.4 Å². The van der Waals surface area contributed by atoms with Gasteiger partial charge in [-0.05, 0) is 55.8 Å². The van der Waals surface area contributed by atoms with Gasteiger partial charge in [0.1, 0.15) is 11.5 Å². The predicted octanol–water partition coefficient (Wildman–Crippen LogP) is 4.24. The molecule has 0 bridgehead atoms. The van der Waals surface area contributed by atoms with Crippen LogP contribution >= 0.6 is 15.9 Å². The monoisotopic (exact) mass is 418 g/mol. The second-order valence-corrected chi connectivity index (χ2v) is 7.35. The Morgan fingerprint density at radius 2 is 1.92 bits per heavy atom. The van der Waals surface area contributed by atoms with Crippen LogP contribution in [0.25, 0.3) is 0 Å². The predicted molar refractivity (Wildman–Crippen MR) is 109 cm³/mol. The summed E-state index contributed by atoms with van der Waals surface area (Å²) < 4.78 is 12.4.